The van der Waals surface area contributed by atoms with E-state index >= 15 is 0 Å². The smallest absolute Gasteiger partial charge is 0.123 e. The summed E-state index contributed by atoms with van der Waals surface area (Å²) in [5.74, 6) is 1.67. The van der Waals surface area contributed by atoms with Crippen LogP contribution in [0.5, 0.6) is 11.5 Å². The Bertz CT molecular complexity index is 418. The van der Waals surface area contributed by atoms with E-state index in [1.165, 1.54) is 0 Å². The molecular weight excluding hydrogens is 268 g/mol. The summed E-state index contributed by atoms with van der Waals surface area (Å²) in [5.41, 5.74) is 0. The Morgan fingerprint density at radius 1 is 1.14 bits per heavy atom. The average Bonchev–Trinajstić information content (AvgIpc) is 2.49. The van der Waals surface area contributed by atoms with Gasteiger partial charge in [-0.15, -0.1) is 0 Å². The number of aliphatic hydroxyl groups is 1. The molecule has 1 heterocycles. The normalized spacial score (nSPS) is 18.4. The number of hydrogen-bond acceptors (Lipinski definition) is 5. The molecule has 1 fully saturated rings. The topological polar surface area (TPSA) is 45.2 Å². The van der Waals surface area contributed by atoms with Crippen molar-refractivity contribution >= 4 is 0 Å². The summed E-state index contributed by atoms with van der Waals surface area (Å²) in [6.45, 7) is 8.34. The van der Waals surface area contributed by atoms with Gasteiger partial charge < -0.3 is 14.6 Å². The number of methoxy groups -OCH3 is 1. The number of piperazine rings is 1. The van der Waals surface area contributed by atoms with Crippen molar-refractivity contribution in [1.29, 1.82) is 0 Å². The molecule has 1 aliphatic heterocycles. The molecule has 0 radical (unpaired) electrons. The van der Waals surface area contributed by atoms with E-state index in [9.17, 15) is 5.11 Å². The van der Waals surface area contributed by atoms with Crippen molar-refractivity contribution in [3.05, 3.63) is 24.3 Å². The first-order valence-electron chi connectivity index (χ1n) is 7.57. The van der Waals surface area contributed by atoms with Crippen LogP contribution in [-0.2, 0) is 0 Å². The minimum absolute atomic E-state index is 0.243. The number of β-amino-alcohol motifs (C(OH)–C–C–N with tert-alkyl or cyclic N) is 1. The molecule has 5 nitrogen and oxygen atoms in total. The fraction of sp³-hybridized carbons (Fsp3) is 0.625. The van der Waals surface area contributed by atoms with Crippen LogP contribution in [0.3, 0.4) is 0 Å². The van der Waals surface area contributed by atoms with Crippen molar-refractivity contribution in [1.82, 2.24) is 9.80 Å². The zero-order valence-corrected chi connectivity index (χ0v) is 13.0. The van der Waals surface area contributed by atoms with Gasteiger partial charge in [0.25, 0.3) is 0 Å². The quantitative estimate of drug-likeness (QED) is 0.815. The van der Waals surface area contributed by atoms with Crippen LogP contribution in [0.15, 0.2) is 24.3 Å². The maximum atomic E-state index is 9.40. The standard InChI is InChI=1S/C16H26N2O3/c1-14(19)13-18-8-6-17(7-9-18)10-11-21-16-5-3-4-15(12-16)20-2/h3-5,12,14,19H,6-11,13H2,1-2H3/t14-/m0/s1. The molecule has 1 atom stereocenters. The van der Waals surface area contributed by atoms with E-state index in [0.29, 0.717) is 6.61 Å². The molecule has 0 unspecified atom stereocenters. The molecule has 2 rings (SSSR count). The van der Waals surface area contributed by atoms with Crippen LogP contribution in [0.1, 0.15) is 6.92 Å². The summed E-state index contributed by atoms with van der Waals surface area (Å²) in [5, 5.41) is 9.40. The van der Waals surface area contributed by atoms with Gasteiger partial charge in [0, 0.05) is 45.3 Å². The van der Waals surface area contributed by atoms with Gasteiger partial charge in [-0.3, -0.25) is 9.80 Å². The molecule has 5 heteroatoms. The van der Waals surface area contributed by atoms with Crippen LogP contribution in [-0.4, -0.2) is 74.0 Å². The van der Waals surface area contributed by atoms with Gasteiger partial charge in [0.2, 0.25) is 0 Å². The predicted octanol–water partition coefficient (Wildman–Crippen LogP) is 1.07. The van der Waals surface area contributed by atoms with E-state index in [2.05, 4.69) is 9.80 Å². The van der Waals surface area contributed by atoms with Crippen LogP contribution in [0, 0.1) is 0 Å². The van der Waals surface area contributed by atoms with Crippen molar-refractivity contribution < 1.29 is 14.6 Å². The van der Waals surface area contributed by atoms with Gasteiger partial charge in [0.1, 0.15) is 18.1 Å². The first-order valence-corrected chi connectivity index (χ1v) is 7.57. The molecule has 21 heavy (non-hydrogen) atoms. The van der Waals surface area contributed by atoms with Gasteiger partial charge in [-0.1, -0.05) is 6.07 Å². The van der Waals surface area contributed by atoms with Gasteiger partial charge >= 0.3 is 0 Å². The molecule has 0 amide bonds. The minimum Gasteiger partial charge on any atom is -0.497 e. The molecule has 118 valence electrons. The molecule has 0 aromatic heterocycles. The number of benzene rings is 1. The molecule has 1 aromatic carbocycles. The van der Waals surface area contributed by atoms with Crippen molar-refractivity contribution in [2.24, 2.45) is 0 Å². The average molecular weight is 294 g/mol. The zero-order chi connectivity index (χ0) is 15.1. The lowest BCUT2D eigenvalue weighted by atomic mass is 10.3. The summed E-state index contributed by atoms with van der Waals surface area (Å²) in [6.07, 6.45) is -0.243. The van der Waals surface area contributed by atoms with Gasteiger partial charge in [-0.2, -0.15) is 0 Å². The van der Waals surface area contributed by atoms with E-state index in [4.69, 9.17) is 9.47 Å². The largest absolute Gasteiger partial charge is 0.497 e. The van der Waals surface area contributed by atoms with Crippen LogP contribution in [0.2, 0.25) is 0 Å². The summed E-state index contributed by atoms with van der Waals surface area (Å²) in [7, 11) is 1.66. The second-order valence-electron chi connectivity index (χ2n) is 5.52. The van der Waals surface area contributed by atoms with Crippen LogP contribution >= 0.6 is 0 Å². The number of aliphatic hydroxyl groups excluding tert-OH is 1. The Balaban J connectivity index is 1.65. The van der Waals surface area contributed by atoms with E-state index in [1.54, 1.807) is 7.11 Å². The van der Waals surface area contributed by atoms with Crippen LogP contribution in [0.4, 0.5) is 0 Å². The fourth-order valence-corrected chi connectivity index (χ4v) is 2.55. The number of ether oxygens (including phenoxy) is 2. The van der Waals surface area contributed by atoms with E-state index < -0.39 is 0 Å². The minimum atomic E-state index is -0.243. The third-order valence-corrected chi connectivity index (χ3v) is 3.70. The summed E-state index contributed by atoms with van der Waals surface area (Å²) in [6, 6.07) is 7.70. The summed E-state index contributed by atoms with van der Waals surface area (Å²) < 4.78 is 10.9. The third-order valence-electron chi connectivity index (χ3n) is 3.70. The number of nitrogens with zero attached hydrogens (tertiary/aromatic N) is 2. The van der Waals surface area contributed by atoms with Crippen LogP contribution < -0.4 is 9.47 Å². The Hall–Kier alpha value is -1.30. The zero-order valence-electron chi connectivity index (χ0n) is 13.0. The predicted molar refractivity (Wildman–Crippen MR) is 83.0 cm³/mol. The maximum Gasteiger partial charge on any atom is 0.123 e. The van der Waals surface area contributed by atoms with Gasteiger partial charge in [-0.05, 0) is 19.1 Å². The Morgan fingerprint density at radius 3 is 2.48 bits per heavy atom. The molecule has 0 bridgehead atoms. The molecule has 0 saturated carbocycles. The lowest BCUT2D eigenvalue weighted by Crippen LogP contribution is -2.49. The van der Waals surface area contributed by atoms with E-state index in [-0.39, 0.29) is 6.10 Å². The highest BCUT2D eigenvalue weighted by molar-refractivity contribution is 5.32. The number of hydrogen-bond donors (Lipinski definition) is 1. The molecule has 0 aliphatic carbocycles. The SMILES string of the molecule is COc1cccc(OCCN2CCN(C[C@H](C)O)CC2)c1. The molecule has 1 aliphatic rings. The van der Waals surface area contributed by atoms with E-state index in [0.717, 1.165) is 50.8 Å². The highest BCUT2D eigenvalue weighted by Gasteiger charge is 2.17. The van der Waals surface area contributed by atoms with Crippen LogP contribution in [0.25, 0.3) is 0 Å². The Kier molecular flexibility index (Phi) is 6.29. The first kappa shape index (κ1) is 16.1. The first-order chi connectivity index (χ1) is 10.2. The van der Waals surface area contributed by atoms with Gasteiger partial charge in [-0.25, -0.2) is 0 Å². The van der Waals surface area contributed by atoms with Crippen molar-refractivity contribution in [3.8, 4) is 11.5 Å². The van der Waals surface area contributed by atoms with Crippen molar-refractivity contribution in [2.75, 3.05) is 53.0 Å². The summed E-state index contributed by atoms with van der Waals surface area (Å²) >= 11 is 0. The van der Waals surface area contributed by atoms with E-state index in [1.807, 2.05) is 31.2 Å². The summed E-state index contributed by atoms with van der Waals surface area (Å²) in [4.78, 5) is 4.71. The second kappa shape index (κ2) is 8.22. The van der Waals surface area contributed by atoms with Crippen molar-refractivity contribution in [2.45, 2.75) is 13.0 Å². The molecule has 0 spiro atoms. The molecular formula is C16H26N2O3. The maximum absolute atomic E-state index is 9.40. The molecule has 1 N–H and O–H groups in total. The highest BCUT2D eigenvalue weighted by atomic mass is 16.5. The molecule has 1 saturated heterocycles. The lowest BCUT2D eigenvalue weighted by molar-refractivity contribution is 0.0750. The monoisotopic (exact) mass is 294 g/mol. The van der Waals surface area contributed by atoms with Gasteiger partial charge in [0.05, 0.1) is 13.2 Å². The lowest BCUT2D eigenvalue weighted by Gasteiger charge is -2.35. The fourth-order valence-electron chi connectivity index (χ4n) is 2.55. The Morgan fingerprint density at radius 2 is 1.81 bits per heavy atom. The molecule has 1 aromatic rings. The van der Waals surface area contributed by atoms with Crippen molar-refractivity contribution in [3.63, 3.8) is 0 Å². The Labute approximate surface area is 127 Å². The third kappa shape index (κ3) is 5.53. The number of rotatable bonds is 7. The highest BCUT2D eigenvalue weighted by Crippen LogP contribution is 2.18. The van der Waals surface area contributed by atoms with Gasteiger partial charge in [0.15, 0.2) is 0 Å². The second-order valence-corrected chi connectivity index (χ2v) is 5.52.